The van der Waals surface area contributed by atoms with Gasteiger partial charge in [0.1, 0.15) is 0 Å². The molecular formula is C7H6ClN3. The Bertz CT molecular complexity index is 393. The SMILES string of the molecule is Cc1ccc2nnc(Cl)n2c1. The second kappa shape index (κ2) is 2.20. The van der Waals surface area contributed by atoms with E-state index < -0.39 is 0 Å². The molecule has 2 heterocycles. The Labute approximate surface area is 68.6 Å². The summed E-state index contributed by atoms with van der Waals surface area (Å²) in [6.07, 6.45) is 1.90. The van der Waals surface area contributed by atoms with Gasteiger partial charge in [-0.2, -0.15) is 0 Å². The van der Waals surface area contributed by atoms with Gasteiger partial charge < -0.3 is 0 Å². The van der Waals surface area contributed by atoms with Crippen LogP contribution >= 0.6 is 11.6 Å². The molecule has 56 valence electrons. The first kappa shape index (κ1) is 6.61. The predicted octanol–water partition coefficient (Wildman–Crippen LogP) is 1.69. The summed E-state index contributed by atoms with van der Waals surface area (Å²) in [5.74, 6) is 0. The third-order valence-electron chi connectivity index (χ3n) is 1.51. The molecule has 0 aliphatic rings. The summed E-state index contributed by atoms with van der Waals surface area (Å²) >= 11 is 5.73. The third kappa shape index (κ3) is 0.973. The second-order valence-corrected chi connectivity index (χ2v) is 2.74. The van der Waals surface area contributed by atoms with Gasteiger partial charge in [-0.25, -0.2) is 0 Å². The molecule has 0 saturated heterocycles. The molecular weight excluding hydrogens is 162 g/mol. The van der Waals surface area contributed by atoms with Gasteiger partial charge in [-0.05, 0) is 30.2 Å². The molecule has 0 saturated carbocycles. The van der Waals surface area contributed by atoms with Gasteiger partial charge in [0.25, 0.3) is 0 Å². The lowest BCUT2D eigenvalue weighted by Crippen LogP contribution is -1.84. The van der Waals surface area contributed by atoms with Crippen LogP contribution in [0.4, 0.5) is 0 Å². The topological polar surface area (TPSA) is 30.2 Å². The number of aromatic nitrogens is 3. The Morgan fingerprint density at radius 1 is 1.36 bits per heavy atom. The minimum atomic E-state index is 0.406. The van der Waals surface area contributed by atoms with E-state index in [0.717, 1.165) is 11.2 Å². The van der Waals surface area contributed by atoms with E-state index in [-0.39, 0.29) is 0 Å². The number of hydrogen-bond donors (Lipinski definition) is 0. The van der Waals surface area contributed by atoms with Gasteiger partial charge in [0.05, 0.1) is 0 Å². The molecule has 0 atom stereocenters. The van der Waals surface area contributed by atoms with Gasteiger partial charge in [-0.1, -0.05) is 6.07 Å². The van der Waals surface area contributed by atoms with Crippen LogP contribution in [-0.4, -0.2) is 14.6 Å². The van der Waals surface area contributed by atoms with Crippen molar-refractivity contribution in [1.82, 2.24) is 14.6 Å². The van der Waals surface area contributed by atoms with Crippen molar-refractivity contribution in [3.05, 3.63) is 29.2 Å². The van der Waals surface area contributed by atoms with Crippen LogP contribution in [0.5, 0.6) is 0 Å². The van der Waals surface area contributed by atoms with E-state index in [4.69, 9.17) is 11.6 Å². The number of pyridine rings is 1. The lowest BCUT2D eigenvalue weighted by atomic mass is 10.3. The number of aryl methyl sites for hydroxylation is 1. The van der Waals surface area contributed by atoms with Crippen LogP contribution in [0.2, 0.25) is 5.28 Å². The number of nitrogens with zero attached hydrogens (tertiary/aromatic N) is 3. The fraction of sp³-hybridized carbons (Fsp3) is 0.143. The summed E-state index contributed by atoms with van der Waals surface area (Å²) < 4.78 is 1.75. The van der Waals surface area contributed by atoms with E-state index in [2.05, 4.69) is 10.2 Å². The molecule has 2 rings (SSSR count). The maximum atomic E-state index is 5.73. The first-order valence-electron chi connectivity index (χ1n) is 3.24. The highest BCUT2D eigenvalue weighted by Crippen LogP contribution is 2.09. The third-order valence-corrected chi connectivity index (χ3v) is 1.77. The molecule has 0 spiro atoms. The number of hydrogen-bond acceptors (Lipinski definition) is 2. The Kier molecular flexibility index (Phi) is 1.32. The maximum Gasteiger partial charge on any atom is 0.229 e. The number of rotatable bonds is 0. The summed E-state index contributed by atoms with van der Waals surface area (Å²) in [7, 11) is 0. The average molecular weight is 168 g/mol. The molecule has 0 aliphatic carbocycles. The van der Waals surface area contributed by atoms with Crippen LogP contribution in [-0.2, 0) is 0 Å². The average Bonchev–Trinajstić information content (AvgIpc) is 2.33. The molecule has 0 bridgehead atoms. The summed E-state index contributed by atoms with van der Waals surface area (Å²) in [5.41, 5.74) is 1.92. The molecule has 2 aromatic heterocycles. The maximum absolute atomic E-state index is 5.73. The quantitative estimate of drug-likeness (QED) is 0.598. The van der Waals surface area contributed by atoms with E-state index in [1.165, 1.54) is 0 Å². The largest absolute Gasteiger partial charge is 0.273 e. The Morgan fingerprint density at radius 3 is 3.00 bits per heavy atom. The fourth-order valence-electron chi connectivity index (χ4n) is 0.969. The van der Waals surface area contributed by atoms with Gasteiger partial charge in [0, 0.05) is 6.20 Å². The van der Waals surface area contributed by atoms with Crippen molar-refractivity contribution in [2.24, 2.45) is 0 Å². The minimum Gasteiger partial charge on any atom is -0.273 e. The van der Waals surface area contributed by atoms with Crippen molar-refractivity contribution in [2.45, 2.75) is 6.92 Å². The Hall–Kier alpha value is -1.09. The zero-order valence-corrected chi connectivity index (χ0v) is 6.71. The van der Waals surface area contributed by atoms with Gasteiger partial charge >= 0.3 is 0 Å². The summed E-state index contributed by atoms with van der Waals surface area (Å²) in [5, 5.41) is 7.96. The van der Waals surface area contributed by atoms with Crippen LogP contribution < -0.4 is 0 Å². The van der Waals surface area contributed by atoms with Crippen LogP contribution in [0.1, 0.15) is 5.56 Å². The lowest BCUT2D eigenvalue weighted by molar-refractivity contribution is 1.10. The smallest absolute Gasteiger partial charge is 0.229 e. The van der Waals surface area contributed by atoms with Crippen LogP contribution in [0.25, 0.3) is 5.65 Å². The molecule has 0 amide bonds. The fourth-order valence-corrected chi connectivity index (χ4v) is 1.14. The molecule has 0 aromatic carbocycles. The van der Waals surface area contributed by atoms with Crippen molar-refractivity contribution in [3.63, 3.8) is 0 Å². The normalized spacial score (nSPS) is 10.7. The van der Waals surface area contributed by atoms with Crippen LogP contribution in [0.15, 0.2) is 18.3 Å². The molecule has 0 aliphatic heterocycles. The standard InChI is InChI=1S/C7H6ClN3/c1-5-2-3-6-9-10-7(8)11(6)4-5/h2-4H,1H3. The van der Waals surface area contributed by atoms with Crippen molar-refractivity contribution in [1.29, 1.82) is 0 Å². The van der Waals surface area contributed by atoms with E-state index in [1.807, 2.05) is 25.3 Å². The van der Waals surface area contributed by atoms with E-state index in [0.29, 0.717) is 5.28 Å². The van der Waals surface area contributed by atoms with Crippen molar-refractivity contribution < 1.29 is 0 Å². The van der Waals surface area contributed by atoms with Gasteiger partial charge in [-0.3, -0.25) is 4.40 Å². The predicted molar refractivity (Wildman–Crippen MR) is 42.7 cm³/mol. The van der Waals surface area contributed by atoms with Crippen LogP contribution in [0, 0.1) is 6.92 Å². The Morgan fingerprint density at radius 2 is 2.18 bits per heavy atom. The first-order chi connectivity index (χ1) is 5.27. The molecule has 0 fully saturated rings. The first-order valence-corrected chi connectivity index (χ1v) is 3.62. The molecule has 0 N–H and O–H groups in total. The van der Waals surface area contributed by atoms with E-state index in [9.17, 15) is 0 Å². The van der Waals surface area contributed by atoms with Crippen LogP contribution in [0.3, 0.4) is 0 Å². The monoisotopic (exact) mass is 167 g/mol. The second-order valence-electron chi connectivity index (χ2n) is 2.40. The zero-order valence-electron chi connectivity index (χ0n) is 5.95. The molecule has 0 unspecified atom stereocenters. The summed E-state index contributed by atoms with van der Waals surface area (Å²) in [6, 6.07) is 3.86. The molecule has 3 nitrogen and oxygen atoms in total. The minimum absolute atomic E-state index is 0.406. The van der Waals surface area contributed by atoms with Crippen molar-refractivity contribution in [3.8, 4) is 0 Å². The highest BCUT2D eigenvalue weighted by Gasteiger charge is 1.99. The van der Waals surface area contributed by atoms with E-state index >= 15 is 0 Å². The van der Waals surface area contributed by atoms with Crippen molar-refractivity contribution >= 4 is 17.2 Å². The lowest BCUT2D eigenvalue weighted by Gasteiger charge is -1.93. The molecule has 2 aromatic rings. The summed E-state index contributed by atoms with van der Waals surface area (Å²) in [4.78, 5) is 0. The highest BCUT2D eigenvalue weighted by atomic mass is 35.5. The zero-order chi connectivity index (χ0) is 7.84. The van der Waals surface area contributed by atoms with Gasteiger partial charge in [-0.15, -0.1) is 10.2 Å². The molecule has 4 heteroatoms. The van der Waals surface area contributed by atoms with Gasteiger partial charge in [0.15, 0.2) is 5.65 Å². The van der Waals surface area contributed by atoms with Gasteiger partial charge in [0.2, 0.25) is 5.28 Å². The van der Waals surface area contributed by atoms with Crippen molar-refractivity contribution in [2.75, 3.05) is 0 Å². The highest BCUT2D eigenvalue weighted by molar-refractivity contribution is 6.28. The van der Waals surface area contributed by atoms with E-state index in [1.54, 1.807) is 4.40 Å². The molecule has 0 radical (unpaired) electrons. The molecule has 11 heavy (non-hydrogen) atoms. The number of fused-ring (bicyclic) bond motifs is 1. The summed E-state index contributed by atoms with van der Waals surface area (Å²) in [6.45, 7) is 2.00. The number of halogens is 1. The Balaban J connectivity index is 2.87.